The minimum atomic E-state index is 0.465. The molecule has 88 valence electrons. The molecule has 0 aliphatic carbocycles. The molecule has 0 saturated carbocycles. The van der Waals surface area contributed by atoms with E-state index in [1.165, 1.54) is 19.3 Å². The van der Waals surface area contributed by atoms with Gasteiger partial charge in [-0.15, -0.1) is 0 Å². The normalized spacial score (nSPS) is 20.4. The molecule has 1 aromatic heterocycles. The first-order valence-corrected chi connectivity index (χ1v) is 6.09. The van der Waals surface area contributed by atoms with Gasteiger partial charge in [0.1, 0.15) is 5.82 Å². The Hall–Kier alpha value is -1.16. The Morgan fingerprint density at radius 1 is 1.50 bits per heavy atom. The lowest BCUT2D eigenvalue weighted by atomic mass is 10.0. The Morgan fingerprint density at radius 3 is 3.12 bits per heavy atom. The fourth-order valence-corrected chi connectivity index (χ4v) is 2.33. The van der Waals surface area contributed by atoms with Crippen molar-refractivity contribution in [3.63, 3.8) is 0 Å². The van der Waals surface area contributed by atoms with E-state index in [2.05, 4.69) is 21.8 Å². The van der Waals surface area contributed by atoms with Crippen LogP contribution < -0.4 is 10.6 Å². The Labute approximate surface area is 96.9 Å². The number of rotatable bonds is 4. The highest BCUT2D eigenvalue weighted by Crippen LogP contribution is 2.24. The molecule has 1 atom stereocenters. The van der Waals surface area contributed by atoms with Crippen LogP contribution in [0.2, 0.25) is 0 Å². The lowest BCUT2D eigenvalue weighted by Gasteiger charge is -2.17. The van der Waals surface area contributed by atoms with Crippen LogP contribution in [0.5, 0.6) is 0 Å². The van der Waals surface area contributed by atoms with Crippen LogP contribution in [0.3, 0.4) is 0 Å². The Morgan fingerprint density at radius 2 is 2.38 bits per heavy atom. The molecule has 0 aromatic carbocycles. The Kier molecular flexibility index (Phi) is 3.72. The van der Waals surface area contributed by atoms with Crippen molar-refractivity contribution in [3.05, 3.63) is 18.1 Å². The second-order valence-electron chi connectivity index (χ2n) is 4.46. The molecule has 4 nitrogen and oxygen atoms in total. The molecule has 1 aliphatic heterocycles. The van der Waals surface area contributed by atoms with Crippen LogP contribution in [0.1, 0.15) is 31.9 Å². The van der Waals surface area contributed by atoms with E-state index in [0.29, 0.717) is 6.54 Å². The molecule has 2 rings (SSSR count). The molecule has 16 heavy (non-hydrogen) atoms. The number of aromatic nitrogens is 2. The Balaban J connectivity index is 2.02. The summed E-state index contributed by atoms with van der Waals surface area (Å²) in [6.45, 7) is 4.94. The molecule has 0 spiro atoms. The first-order valence-electron chi connectivity index (χ1n) is 6.09. The average Bonchev–Trinajstić information content (AvgIpc) is 2.78. The molecule has 0 bridgehead atoms. The summed E-state index contributed by atoms with van der Waals surface area (Å²) in [6, 6.07) is 0. The van der Waals surface area contributed by atoms with Crippen LogP contribution >= 0.6 is 0 Å². The predicted molar refractivity (Wildman–Crippen MR) is 65.2 cm³/mol. The summed E-state index contributed by atoms with van der Waals surface area (Å²) in [5, 5.41) is 0. The highest BCUT2D eigenvalue weighted by molar-refractivity contribution is 5.37. The van der Waals surface area contributed by atoms with E-state index in [9.17, 15) is 0 Å². The molecule has 4 heteroatoms. The van der Waals surface area contributed by atoms with E-state index in [-0.39, 0.29) is 0 Å². The first kappa shape index (κ1) is 11.3. The molecule has 1 saturated heterocycles. The third-order valence-electron chi connectivity index (χ3n) is 3.19. The van der Waals surface area contributed by atoms with Gasteiger partial charge in [-0.3, -0.25) is 4.98 Å². The van der Waals surface area contributed by atoms with Gasteiger partial charge in [0, 0.05) is 25.8 Å². The maximum atomic E-state index is 5.57. The maximum Gasteiger partial charge on any atom is 0.147 e. The van der Waals surface area contributed by atoms with Gasteiger partial charge >= 0.3 is 0 Å². The minimum absolute atomic E-state index is 0.465. The fraction of sp³-hybridized carbons (Fsp3) is 0.667. The average molecular weight is 220 g/mol. The van der Waals surface area contributed by atoms with E-state index in [4.69, 9.17) is 5.73 Å². The second-order valence-corrected chi connectivity index (χ2v) is 4.46. The van der Waals surface area contributed by atoms with Crippen LogP contribution in [-0.2, 0) is 6.54 Å². The zero-order valence-corrected chi connectivity index (χ0v) is 9.89. The molecule has 0 radical (unpaired) electrons. The number of nitrogens with two attached hydrogens (primary N) is 1. The van der Waals surface area contributed by atoms with Crippen molar-refractivity contribution in [1.82, 2.24) is 9.97 Å². The third-order valence-corrected chi connectivity index (χ3v) is 3.19. The van der Waals surface area contributed by atoms with Crippen LogP contribution in [0.25, 0.3) is 0 Å². The van der Waals surface area contributed by atoms with Gasteiger partial charge in [-0.1, -0.05) is 13.3 Å². The van der Waals surface area contributed by atoms with Gasteiger partial charge in [0.15, 0.2) is 0 Å². The zero-order chi connectivity index (χ0) is 11.4. The van der Waals surface area contributed by atoms with Crippen LogP contribution in [0.15, 0.2) is 12.4 Å². The van der Waals surface area contributed by atoms with Crippen LogP contribution in [0, 0.1) is 5.92 Å². The summed E-state index contributed by atoms with van der Waals surface area (Å²) in [6.07, 6.45) is 7.45. The monoisotopic (exact) mass is 220 g/mol. The van der Waals surface area contributed by atoms with Crippen molar-refractivity contribution in [2.75, 3.05) is 18.0 Å². The van der Waals surface area contributed by atoms with E-state index in [0.717, 1.165) is 30.5 Å². The number of nitrogens with zero attached hydrogens (tertiary/aromatic N) is 3. The number of anilines is 1. The number of hydrogen-bond donors (Lipinski definition) is 1. The second kappa shape index (κ2) is 5.25. The van der Waals surface area contributed by atoms with E-state index in [1.54, 1.807) is 6.20 Å². The van der Waals surface area contributed by atoms with Crippen molar-refractivity contribution >= 4 is 5.82 Å². The van der Waals surface area contributed by atoms with Crippen LogP contribution in [-0.4, -0.2) is 23.1 Å². The van der Waals surface area contributed by atoms with Gasteiger partial charge in [0.05, 0.1) is 11.9 Å². The maximum absolute atomic E-state index is 5.57. The third kappa shape index (κ3) is 2.50. The fourth-order valence-electron chi connectivity index (χ4n) is 2.33. The van der Waals surface area contributed by atoms with Crippen molar-refractivity contribution in [3.8, 4) is 0 Å². The van der Waals surface area contributed by atoms with Crippen molar-refractivity contribution in [1.29, 1.82) is 0 Å². The van der Waals surface area contributed by atoms with E-state index in [1.807, 2.05) is 6.20 Å². The summed E-state index contributed by atoms with van der Waals surface area (Å²) in [4.78, 5) is 11.0. The molecular weight excluding hydrogens is 200 g/mol. The topological polar surface area (TPSA) is 55.0 Å². The minimum Gasteiger partial charge on any atom is -0.355 e. The van der Waals surface area contributed by atoms with E-state index >= 15 is 0 Å². The van der Waals surface area contributed by atoms with E-state index < -0.39 is 0 Å². The van der Waals surface area contributed by atoms with Gasteiger partial charge in [0.2, 0.25) is 0 Å². The lowest BCUT2D eigenvalue weighted by Crippen LogP contribution is -2.21. The quantitative estimate of drug-likeness (QED) is 0.836. The van der Waals surface area contributed by atoms with Crippen molar-refractivity contribution < 1.29 is 0 Å². The first-order chi connectivity index (χ1) is 7.83. The predicted octanol–water partition coefficient (Wildman–Crippen LogP) is 1.56. The largest absolute Gasteiger partial charge is 0.355 e. The summed E-state index contributed by atoms with van der Waals surface area (Å²) in [7, 11) is 0. The van der Waals surface area contributed by atoms with Gasteiger partial charge in [-0.2, -0.15) is 0 Å². The van der Waals surface area contributed by atoms with Gasteiger partial charge in [-0.25, -0.2) is 4.98 Å². The molecule has 1 unspecified atom stereocenters. The highest BCUT2D eigenvalue weighted by Gasteiger charge is 2.22. The lowest BCUT2D eigenvalue weighted by molar-refractivity contribution is 0.529. The van der Waals surface area contributed by atoms with Crippen LogP contribution in [0.4, 0.5) is 5.82 Å². The summed E-state index contributed by atoms with van der Waals surface area (Å²) < 4.78 is 0. The molecule has 1 fully saturated rings. The summed E-state index contributed by atoms with van der Waals surface area (Å²) in [5.74, 6) is 1.81. The molecule has 2 heterocycles. The SMILES string of the molecule is CCCC1CCN(c2cncc(CN)n2)C1. The molecule has 2 N–H and O–H groups in total. The smallest absolute Gasteiger partial charge is 0.147 e. The van der Waals surface area contributed by atoms with Gasteiger partial charge < -0.3 is 10.6 Å². The highest BCUT2D eigenvalue weighted by atomic mass is 15.2. The molecule has 1 aromatic rings. The number of hydrogen-bond acceptors (Lipinski definition) is 4. The Bertz CT molecular complexity index is 340. The standard InChI is InChI=1S/C12H20N4/c1-2-3-10-4-5-16(9-10)12-8-14-7-11(6-13)15-12/h7-8,10H,2-6,9,13H2,1H3. The zero-order valence-electron chi connectivity index (χ0n) is 9.89. The summed E-state index contributed by atoms with van der Waals surface area (Å²) in [5.41, 5.74) is 6.44. The molecule has 0 amide bonds. The van der Waals surface area contributed by atoms with Crippen molar-refractivity contribution in [2.45, 2.75) is 32.7 Å². The van der Waals surface area contributed by atoms with Crippen molar-refractivity contribution in [2.24, 2.45) is 11.7 Å². The van der Waals surface area contributed by atoms with Gasteiger partial charge in [-0.05, 0) is 18.8 Å². The summed E-state index contributed by atoms with van der Waals surface area (Å²) >= 11 is 0. The van der Waals surface area contributed by atoms with Gasteiger partial charge in [0.25, 0.3) is 0 Å². The molecular formula is C12H20N4. The molecule has 1 aliphatic rings.